The van der Waals surface area contributed by atoms with Gasteiger partial charge in [0.1, 0.15) is 0 Å². The van der Waals surface area contributed by atoms with Gasteiger partial charge in [0.05, 0.1) is 18.9 Å². The van der Waals surface area contributed by atoms with E-state index in [0.29, 0.717) is 27.5 Å². The summed E-state index contributed by atoms with van der Waals surface area (Å²) < 4.78 is 6.51. The molecule has 1 N–H and O–H groups in total. The van der Waals surface area contributed by atoms with Crippen LogP contribution in [0.25, 0.3) is 17.2 Å². The first-order valence-corrected chi connectivity index (χ1v) is 9.02. The Morgan fingerprint density at radius 1 is 1.33 bits per heavy atom. The van der Waals surface area contributed by atoms with E-state index in [1.165, 1.54) is 18.0 Å². The summed E-state index contributed by atoms with van der Waals surface area (Å²) in [6, 6.07) is 7.18. The number of amides is 1. The minimum atomic E-state index is -0.381. The van der Waals surface area contributed by atoms with Crippen LogP contribution in [0, 0.1) is 6.20 Å². The molecular weight excluding hydrogens is 479 g/mol. The Morgan fingerprint density at radius 2 is 2.00 bits per heavy atom. The quantitative estimate of drug-likeness (QED) is 0.273. The van der Waals surface area contributed by atoms with Crippen molar-refractivity contribution in [1.82, 2.24) is 15.1 Å². The van der Waals surface area contributed by atoms with Gasteiger partial charge in [-0.1, -0.05) is 48.5 Å². The SMILES string of the molecule is C=C/C=C\C(C(=O)N[C-]=Cc1ccc(-c2c(OC)cnn(C)c2=O)cc1)=C(/C)Cl.[Y]. The molecule has 2 aromatic rings. The molecule has 30 heavy (non-hydrogen) atoms. The molecule has 1 aromatic carbocycles. The van der Waals surface area contributed by atoms with Crippen LogP contribution < -0.4 is 15.6 Å². The molecule has 0 atom stereocenters. The van der Waals surface area contributed by atoms with Gasteiger partial charge in [-0.15, -0.1) is 23.9 Å². The second kappa shape index (κ2) is 12.4. The zero-order valence-corrected chi connectivity index (χ0v) is 20.6. The van der Waals surface area contributed by atoms with Crippen LogP contribution in [0.4, 0.5) is 0 Å². The van der Waals surface area contributed by atoms with Crippen LogP contribution in [0.2, 0.25) is 0 Å². The second-order valence-corrected chi connectivity index (χ2v) is 6.49. The molecule has 0 aliphatic heterocycles. The first kappa shape index (κ1) is 25.8. The summed E-state index contributed by atoms with van der Waals surface area (Å²) >= 11 is 5.95. The number of aryl methyl sites for hydroxylation is 1. The largest absolute Gasteiger partial charge is 0.494 e. The maximum atomic E-state index is 12.4. The monoisotopic (exact) mass is 499 g/mol. The number of carbonyl (C=O) groups excluding carboxylic acids is 1. The average molecular weight is 500 g/mol. The molecule has 8 heteroatoms. The summed E-state index contributed by atoms with van der Waals surface area (Å²) in [5, 5.41) is 6.86. The number of methoxy groups -OCH3 is 1. The normalized spacial score (nSPS) is 11.7. The molecule has 0 fully saturated rings. The number of rotatable bonds is 7. The predicted molar refractivity (Wildman–Crippen MR) is 115 cm³/mol. The van der Waals surface area contributed by atoms with Gasteiger partial charge in [-0.25, -0.2) is 4.68 Å². The summed E-state index contributed by atoms with van der Waals surface area (Å²) in [4.78, 5) is 24.6. The predicted octanol–water partition coefficient (Wildman–Crippen LogP) is 3.60. The Balaban J connectivity index is 0.00000450. The van der Waals surface area contributed by atoms with E-state index in [-0.39, 0.29) is 44.2 Å². The zero-order valence-electron chi connectivity index (χ0n) is 17.0. The van der Waals surface area contributed by atoms with Gasteiger partial charge in [0.15, 0.2) is 11.7 Å². The Kier molecular flexibility index (Phi) is 10.7. The third-order valence-corrected chi connectivity index (χ3v) is 4.16. The molecule has 1 heterocycles. The molecule has 0 bridgehead atoms. The van der Waals surface area contributed by atoms with Crippen molar-refractivity contribution in [3.8, 4) is 16.9 Å². The van der Waals surface area contributed by atoms with Gasteiger partial charge in [0.2, 0.25) is 0 Å². The fourth-order valence-corrected chi connectivity index (χ4v) is 2.60. The van der Waals surface area contributed by atoms with Crippen molar-refractivity contribution in [2.24, 2.45) is 7.05 Å². The topological polar surface area (TPSA) is 73.2 Å². The summed E-state index contributed by atoms with van der Waals surface area (Å²) in [6.07, 6.45) is 10.6. The Labute approximate surface area is 205 Å². The van der Waals surface area contributed by atoms with Crippen molar-refractivity contribution in [3.63, 3.8) is 0 Å². The van der Waals surface area contributed by atoms with Crippen LogP contribution in [-0.2, 0) is 44.6 Å². The number of aromatic nitrogens is 2. The number of hydrogen-bond donors (Lipinski definition) is 1. The van der Waals surface area contributed by atoms with Gasteiger partial charge >= 0.3 is 0 Å². The summed E-state index contributed by atoms with van der Waals surface area (Å²) in [7, 11) is 3.07. The van der Waals surface area contributed by atoms with Crippen molar-refractivity contribution in [1.29, 1.82) is 0 Å². The van der Waals surface area contributed by atoms with Crippen molar-refractivity contribution in [2.45, 2.75) is 6.92 Å². The molecule has 1 amide bonds. The van der Waals surface area contributed by atoms with Crippen LogP contribution in [0.1, 0.15) is 12.5 Å². The minimum absolute atomic E-state index is 0. The van der Waals surface area contributed by atoms with Gasteiger partial charge in [-0.2, -0.15) is 11.2 Å². The van der Waals surface area contributed by atoms with Crippen molar-refractivity contribution < 1.29 is 42.2 Å². The van der Waals surface area contributed by atoms with E-state index in [2.05, 4.69) is 23.2 Å². The molecule has 1 aromatic heterocycles. The molecule has 2 rings (SSSR count). The van der Waals surface area contributed by atoms with Gasteiger partial charge in [0.25, 0.3) is 5.56 Å². The second-order valence-electron chi connectivity index (χ2n) is 5.92. The van der Waals surface area contributed by atoms with E-state index >= 15 is 0 Å². The van der Waals surface area contributed by atoms with Crippen LogP contribution in [0.3, 0.4) is 0 Å². The Hall–Kier alpha value is -2.28. The maximum Gasteiger partial charge on any atom is 0.278 e. The third-order valence-electron chi connectivity index (χ3n) is 3.96. The maximum absolute atomic E-state index is 12.4. The van der Waals surface area contributed by atoms with Crippen molar-refractivity contribution >= 4 is 23.6 Å². The molecule has 6 nitrogen and oxygen atoms in total. The number of nitrogens with zero attached hydrogens (tertiary/aromatic N) is 2. The molecule has 153 valence electrons. The molecule has 0 aliphatic rings. The van der Waals surface area contributed by atoms with E-state index in [4.69, 9.17) is 16.3 Å². The number of halogens is 1. The van der Waals surface area contributed by atoms with E-state index in [9.17, 15) is 9.59 Å². The number of allylic oxidation sites excluding steroid dienone is 3. The molecule has 0 saturated carbocycles. The van der Waals surface area contributed by atoms with Crippen molar-refractivity contribution in [3.05, 3.63) is 88.0 Å². The van der Waals surface area contributed by atoms with E-state index < -0.39 is 0 Å². The number of hydrogen-bond acceptors (Lipinski definition) is 4. The average Bonchev–Trinajstić information content (AvgIpc) is 2.70. The Morgan fingerprint density at radius 3 is 2.57 bits per heavy atom. The summed E-state index contributed by atoms with van der Waals surface area (Å²) in [6.45, 7) is 5.19. The first-order valence-electron chi connectivity index (χ1n) is 8.64. The molecule has 0 aliphatic carbocycles. The standard InChI is InChI=1S/C22H21ClN3O3.Y/c1-5-6-7-18(15(2)23)21(27)24-13-12-16-8-10-17(11-9-16)20-19(29-4)14-25-26(3)22(20)28;/h5-12,14H,1H2,2-4H3,(H,24,27);/q-1;/b7-6-,18-15-;. The molecule has 0 saturated heterocycles. The molecule has 0 spiro atoms. The van der Waals surface area contributed by atoms with Crippen LogP contribution in [-0.4, -0.2) is 22.8 Å². The number of ether oxygens (including phenoxy) is 1. The summed E-state index contributed by atoms with van der Waals surface area (Å²) in [5.41, 5.74) is 1.98. The van der Waals surface area contributed by atoms with Crippen LogP contribution in [0.5, 0.6) is 5.75 Å². The van der Waals surface area contributed by atoms with Gasteiger partial charge in [-0.05, 0) is 18.1 Å². The summed E-state index contributed by atoms with van der Waals surface area (Å²) in [5.74, 6) is 0.0204. The van der Waals surface area contributed by atoms with E-state index in [1.807, 2.05) is 0 Å². The van der Waals surface area contributed by atoms with Gasteiger partial charge in [0, 0.05) is 44.8 Å². The first-order chi connectivity index (χ1) is 13.9. The van der Waals surface area contributed by atoms with Gasteiger partial charge < -0.3 is 14.8 Å². The number of nitrogens with one attached hydrogen (secondary N) is 1. The third kappa shape index (κ3) is 6.62. The van der Waals surface area contributed by atoms with Crippen LogP contribution in [0.15, 0.2) is 70.7 Å². The van der Waals surface area contributed by atoms with E-state index in [0.717, 1.165) is 5.56 Å². The molecular formula is C22H21ClN3O3Y-. The van der Waals surface area contributed by atoms with E-state index in [1.54, 1.807) is 62.5 Å². The number of benzene rings is 1. The number of carbonyl (C=O) groups is 1. The van der Waals surface area contributed by atoms with Crippen molar-refractivity contribution in [2.75, 3.05) is 7.11 Å². The van der Waals surface area contributed by atoms with Crippen LogP contribution >= 0.6 is 11.6 Å². The zero-order chi connectivity index (χ0) is 21.4. The fraction of sp³-hybridized carbons (Fsp3) is 0.136. The fourth-order valence-electron chi connectivity index (χ4n) is 2.45. The molecule has 0 unspecified atom stereocenters. The minimum Gasteiger partial charge on any atom is -0.494 e. The molecule has 1 radical (unpaired) electrons. The Bertz CT molecular complexity index is 1050. The van der Waals surface area contributed by atoms with Gasteiger partial charge in [-0.3, -0.25) is 4.79 Å². The smallest absolute Gasteiger partial charge is 0.278 e.